The van der Waals surface area contributed by atoms with Gasteiger partial charge in [0.15, 0.2) is 6.29 Å². The highest BCUT2D eigenvalue weighted by Gasteiger charge is 2.30. The van der Waals surface area contributed by atoms with Crippen LogP contribution in [0.5, 0.6) is 5.75 Å². The number of carbonyl (C=O) groups excluding carboxylic acids is 2. The fourth-order valence-corrected chi connectivity index (χ4v) is 2.63. The van der Waals surface area contributed by atoms with Crippen molar-refractivity contribution in [2.24, 2.45) is 0 Å². The largest absolute Gasteiger partial charge is 0.506 e. The van der Waals surface area contributed by atoms with Gasteiger partial charge < -0.3 is 10.4 Å². The molecule has 0 saturated heterocycles. The summed E-state index contributed by atoms with van der Waals surface area (Å²) in [7, 11) is 0. The Morgan fingerprint density at radius 1 is 1.04 bits per heavy atom. The summed E-state index contributed by atoms with van der Waals surface area (Å²) in [5.74, 6) is -1.35. The van der Waals surface area contributed by atoms with E-state index in [1.807, 2.05) is 0 Å². The maximum absolute atomic E-state index is 12.8. The van der Waals surface area contributed by atoms with Gasteiger partial charge in [0, 0.05) is 5.69 Å². The van der Waals surface area contributed by atoms with Gasteiger partial charge in [-0.05, 0) is 35.0 Å². The summed E-state index contributed by atoms with van der Waals surface area (Å²) in [5, 5.41) is 13.6. The Morgan fingerprint density at radius 2 is 1.77 bits per heavy atom. The number of rotatable bonds is 3. The minimum absolute atomic E-state index is 0.0581. The average Bonchev–Trinajstić information content (AvgIpc) is 2.60. The van der Waals surface area contributed by atoms with E-state index in [9.17, 15) is 27.9 Å². The van der Waals surface area contributed by atoms with Crippen molar-refractivity contribution in [1.82, 2.24) is 0 Å². The summed E-state index contributed by atoms with van der Waals surface area (Å²) in [6.07, 6.45) is -4.12. The molecule has 0 spiro atoms. The van der Waals surface area contributed by atoms with E-state index in [0.717, 1.165) is 18.2 Å². The van der Waals surface area contributed by atoms with Gasteiger partial charge in [-0.1, -0.05) is 30.3 Å². The molecule has 0 radical (unpaired) electrons. The second-order valence-corrected chi connectivity index (χ2v) is 5.56. The molecule has 0 saturated carbocycles. The van der Waals surface area contributed by atoms with Crippen molar-refractivity contribution in [3.05, 3.63) is 71.3 Å². The number of carbonyl (C=O) groups is 2. The molecule has 0 bridgehead atoms. The molecule has 2 N–H and O–H groups in total. The first-order valence-electron chi connectivity index (χ1n) is 7.50. The van der Waals surface area contributed by atoms with Crippen LogP contribution in [0.2, 0.25) is 0 Å². The average molecular weight is 359 g/mol. The minimum atomic E-state index is -4.55. The third-order valence-corrected chi connectivity index (χ3v) is 3.87. The van der Waals surface area contributed by atoms with E-state index in [0.29, 0.717) is 17.1 Å². The second-order valence-electron chi connectivity index (χ2n) is 5.56. The minimum Gasteiger partial charge on any atom is -0.506 e. The molecule has 7 heteroatoms. The first-order chi connectivity index (χ1) is 12.3. The molecular weight excluding hydrogens is 347 g/mol. The number of nitrogens with one attached hydrogen (secondary N) is 1. The smallest absolute Gasteiger partial charge is 0.416 e. The summed E-state index contributed by atoms with van der Waals surface area (Å²) in [5.41, 5.74) is -1.25. The van der Waals surface area contributed by atoms with Crippen molar-refractivity contribution in [2.75, 3.05) is 5.32 Å². The molecule has 0 atom stereocenters. The maximum Gasteiger partial charge on any atom is 0.416 e. The monoisotopic (exact) mass is 359 g/mol. The number of halogens is 3. The number of hydrogen-bond acceptors (Lipinski definition) is 3. The number of hydrogen-bond donors (Lipinski definition) is 2. The number of alkyl halides is 3. The van der Waals surface area contributed by atoms with Gasteiger partial charge in [0.2, 0.25) is 0 Å². The molecule has 3 rings (SSSR count). The normalized spacial score (nSPS) is 11.3. The van der Waals surface area contributed by atoms with Crippen LogP contribution < -0.4 is 5.32 Å². The van der Waals surface area contributed by atoms with E-state index in [1.54, 1.807) is 24.3 Å². The van der Waals surface area contributed by atoms with Gasteiger partial charge in [-0.15, -0.1) is 0 Å². The first-order valence-corrected chi connectivity index (χ1v) is 7.50. The maximum atomic E-state index is 12.8. The molecule has 0 aliphatic carbocycles. The lowest BCUT2D eigenvalue weighted by Crippen LogP contribution is -2.14. The van der Waals surface area contributed by atoms with Crippen LogP contribution in [0, 0.1) is 0 Å². The number of fused-ring (bicyclic) bond motifs is 1. The Balaban J connectivity index is 2.01. The fourth-order valence-electron chi connectivity index (χ4n) is 2.63. The van der Waals surface area contributed by atoms with E-state index in [2.05, 4.69) is 5.32 Å². The predicted octanol–water partition coefficient (Wildman–Crippen LogP) is 4.63. The highest BCUT2D eigenvalue weighted by Crippen LogP contribution is 2.32. The molecule has 0 unspecified atom stereocenters. The summed E-state index contributed by atoms with van der Waals surface area (Å²) in [6.45, 7) is 0. The molecule has 1 amide bonds. The Bertz CT molecular complexity index is 1010. The highest BCUT2D eigenvalue weighted by atomic mass is 19.4. The van der Waals surface area contributed by atoms with Gasteiger partial charge in [-0.2, -0.15) is 13.2 Å². The van der Waals surface area contributed by atoms with Crippen LogP contribution in [-0.2, 0) is 6.18 Å². The summed E-state index contributed by atoms with van der Waals surface area (Å²) in [4.78, 5) is 23.8. The van der Waals surface area contributed by atoms with Crippen LogP contribution >= 0.6 is 0 Å². The van der Waals surface area contributed by atoms with Gasteiger partial charge >= 0.3 is 6.18 Å². The summed E-state index contributed by atoms with van der Waals surface area (Å²) < 4.78 is 38.3. The number of anilines is 1. The molecule has 3 aromatic carbocycles. The lowest BCUT2D eigenvalue weighted by molar-refractivity contribution is -0.137. The van der Waals surface area contributed by atoms with E-state index < -0.39 is 23.4 Å². The molecule has 132 valence electrons. The quantitative estimate of drug-likeness (QED) is 0.670. The van der Waals surface area contributed by atoms with Crippen molar-refractivity contribution in [2.45, 2.75) is 6.18 Å². The first kappa shape index (κ1) is 17.5. The van der Waals surface area contributed by atoms with Crippen LogP contribution in [0.3, 0.4) is 0 Å². The zero-order valence-electron chi connectivity index (χ0n) is 13.2. The Labute approximate surface area is 145 Å². The van der Waals surface area contributed by atoms with Gasteiger partial charge in [0.1, 0.15) is 5.75 Å². The van der Waals surface area contributed by atoms with Gasteiger partial charge in [0.25, 0.3) is 5.91 Å². The van der Waals surface area contributed by atoms with Gasteiger partial charge in [0.05, 0.1) is 16.7 Å². The van der Waals surface area contributed by atoms with Gasteiger partial charge in [-0.3, -0.25) is 9.59 Å². The molecule has 0 aliphatic heterocycles. The Morgan fingerprint density at radius 3 is 2.46 bits per heavy atom. The topological polar surface area (TPSA) is 66.4 Å². The zero-order chi connectivity index (χ0) is 18.9. The third kappa shape index (κ3) is 3.23. The number of benzene rings is 3. The zero-order valence-corrected chi connectivity index (χ0v) is 13.2. The van der Waals surface area contributed by atoms with E-state index in [-0.39, 0.29) is 16.8 Å². The highest BCUT2D eigenvalue weighted by molar-refractivity contribution is 6.12. The number of phenols is 1. The molecular formula is C19H12F3NO3. The standard InChI is InChI=1S/C19H12F3NO3/c20-19(21,22)12-5-3-6-13(9-12)23-18(26)15-8-11-4-1-2-7-14(11)16(10-24)17(15)25/h1-10,25H,(H,23,26). The number of amides is 1. The second kappa shape index (κ2) is 6.51. The summed E-state index contributed by atoms with van der Waals surface area (Å²) in [6, 6.07) is 12.2. The van der Waals surface area contributed by atoms with E-state index >= 15 is 0 Å². The molecule has 4 nitrogen and oxygen atoms in total. The predicted molar refractivity (Wildman–Crippen MR) is 90.4 cm³/mol. The molecule has 3 aromatic rings. The summed E-state index contributed by atoms with van der Waals surface area (Å²) >= 11 is 0. The fraction of sp³-hybridized carbons (Fsp3) is 0.0526. The van der Waals surface area contributed by atoms with Crippen molar-refractivity contribution in [1.29, 1.82) is 0 Å². The molecule has 0 heterocycles. The Hall–Kier alpha value is -3.35. The molecule has 26 heavy (non-hydrogen) atoms. The van der Waals surface area contributed by atoms with Crippen LogP contribution in [0.4, 0.5) is 18.9 Å². The number of aromatic hydroxyl groups is 1. The van der Waals surface area contributed by atoms with Crippen LogP contribution in [-0.4, -0.2) is 17.3 Å². The van der Waals surface area contributed by atoms with E-state index in [1.165, 1.54) is 12.1 Å². The molecule has 0 aromatic heterocycles. The van der Waals surface area contributed by atoms with Crippen molar-refractivity contribution in [3.8, 4) is 5.75 Å². The molecule has 0 fully saturated rings. The van der Waals surface area contributed by atoms with Crippen LogP contribution in [0.1, 0.15) is 26.3 Å². The lowest BCUT2D eigenvalue weighted by atomic mass is 9.99. The van der Waals surface area contributed by atoms with Crippen molar-refractivity contribution in [3.63, 3.8) is 0 Å². The molecule has 0 aliphatic rings. The third-order valence-electron chi connectivity index (χ3n) is 3.87. The van der Waals surface area contributed by atoms with Crippen molar-refractivity contribution >= 4 is 28.7 Å². The number of phenolic OH excluding ortho intramolecular Hbond substituents is 1. The lowest BCUT2D eigenvalue weighted by Gasteiger charge is -2.12. The van der Waals surface area contributed by atoms with Gasteiger partial charge in [-0.25, -0.2) is 0 Å². The van der Waals surface area contributed by atoms with Crippen molar-refractivity contribution < 1.29 is 27.9 Å². The number of aldehydes is 1. The SMILES string of the molecule is O=Cc1c(O)c(C(=O)Nc2cccc(C(F)(F)F)c2)cc2ccccc12. The Kier molecular flexibility index (Phi) is 4.38. The van der Waals surface area contributed by atoms with E-state index in [4.69, 9.17) is 0 Å². The van der Waals surface area contributed by atoms with Crippen LogP contribution in [0.15, 0.2) is 54.6 Å². The van der Waals surface area contributed by atoms with Crippen LogP contribution in [0.25, 0.3) is 10.8 Å².